The molecule has 9 rings (SSSR count). The van der Waals surface area contributed by atoms with E-state index in [0.29, 0.717) is 11.8 Å². The van der Waals surface area contributed by atoms with Crippen molar-refractivity contribution in [1.82, 2.24) is 0 Å². The molecule has 6 aliphatic carbocycles. The van der Waals surface area contributed by atoms with Crippen LogP contribution in [-0.4, -0.2) is 13.2 Å². The Balaban J connectivity index is 1.01. The van der Waals surface area contributed by atoms with Gasteiger partial charge in [0.15, 0.2) is 0 Å². The van der Waals surface area contributed by atoms with Crippen LogP contribution in [0.25, 0.3) is 24.3 Å². The van der Waals surface area contributed by atoms with Gasteiger partial charge in [0.05, 0.1) is 13.2 Å². The van der Waals surface area contributed by atoms with Crippen LogP contribution in [0, 0.1) is 59.2 Å². The third-order valence-corrected chi connectivity index (χ3v) is 13.7. The van der Waals surface area contributed by atoms with E-state index in [0.717, 1.165) is 83.2 Å². The highest BCUT2D eigenvalue weighted by molar-refractivity contribution is 5.79. The Labute approximate surface area is 276 Å². The minimum Gasteiger partial charge on any atom is -0.493 e. The molecule has 0 radical (unpaired) electrons. The molecule has 3 aromatic rings. The number of rotatable bonds is 10. The van der Waals surface area contributed by atoms with Crippen LogP contribution < -0.4 is 9.47 Å². The maximum Gasteiger partial charge on any atom is 0.127 e. The van der Waals surface area contributed by atoms with Crippen molar-refractivity contribution in [1.29, 1.82) is 0 Å². The zero-order chi connectivity index (χ0) is 30.5. The molecule has 3 aromatic carbocycles. The zero-order valence-corrected chi connectivity index (χ0v) is 27.3. The summed E-state index contributed by atoms with van der Waals surface area (Å²) in [6.45, 7) is 1.68. The highest BCUT2D eigenvalue weighted by Crippen LogP contribution is 2.62. The van der Waals surface area contributed by atoms with E-state index in [9.17, 15) is 0 Å². The van der Waals surface area contributed by atoms with Gasteiger partial charge in [-0.1, -0.05) is 97.8 Å². The van der Waals surface area contributed by atoms with E-state index < -0.39 is 0 Å². The number of hydrogen-bond acceptors (Lipinski definition) is 2. The minimum atomic E-state index is 0.701. The van der Waals surface area contributed by atoms with Gasteiger partial charge in [-0.2, -0.15) is 0 Å². The quantitative estimate of drug-likeness (QED) is 0.213. The number of ether oxygens (including phenoxy) is 2. The SMILES string of the molecule is C(=C\c1cc(OCC2CC3CC2C2CCCC32)c(/C=C/c2ccccc2)cc1OCC1CC2CC1C1CCCC21)/c1ccccc1. The maximum atomic E-state index is 6.88. The van der Waals surface area contributed by atoms with Gasteiger partial charge in [0.25, 0.3) is 0 Å². The lowest BCUT2D eigenvalue weighted by molar-refractivity contribution is 0.130. The van der Waals surface area contributed by atoms with Gasteiger partial charge >= 0.3 is 0 Å². The molecule has 4 bridgehead atoms. The minimum absolute atomic E-state index is 0.701. The smallest absolute Gasteiger partial charge is 0.127 e. The Morgan fingerprint density at radius 3 is 1.37 bits per heavy atom. The van der Waals surface area contributed by atoms with Crippen molar-refractivity contribution in [2.75, 3.05) is 13.2 Å². The van der Waals surface area contributed by atoms with Gasteiger partial charge < -0.3 is 9.47 Å². The molecule has 10 atom stereocenters. The van der Waals surface area contributed by atoms with Gasteiger partial charge in [-0.05, 0) is 134 Å². The normalized spacial score (nSPS) is 35.4. The van der Waals surface area contributed by atoms with Crippen LogP contribution in [-0.2, 0) is 0 Å². The summed E-state index contributed by atoms with van der Waals surface area (Å²) >= 11 is 0. The van der Waals surface area contributed by atoms with Crippen LogP contribution in [0.4, 0.5) is 0 Å². The first kappa shape index (κ1) is 28.9. The molecule has 238 valence electrons. The molecule has 0 heterocycles. The molecule has 6 fully saturated rings. The van der Waals surface area contributed by atoms with E-state index in [1.54, 1.807) is 0 Å². The molecule has 2 nitrogen and oxygen atoms in total. The second-order valence-electron chi connectivity index (χ2n) is 15.9. The third kappa shape index (κ3) is 5.44. The fourth-order valence-electron chi connectivity index (χ4n) is 11.8. The lowest BCUT2D eigenvalue weighted by atomic mass is 9.76. The van der Waals surface area contributed by atoms with Crippen LogP contribution in [0.3, 0.4) is 0 Å². The van der Waals surface area contributed by atoms with Gasteiger partial charge in [-0.25, -0.2) is 0 Å². The van der Waals surface area contributed by atoms with Crippen LogP contribution in [0.2, 0.25) is 0 Å². The zero-order valence-electron chi connectivity index (χ0n) is 27.3. The van der Waals surface area contributed by atoms with Crippen LogP contribution >= 0.6 is 0 Å². The standard InChI is InChI=1S/C44H50O2/c1-3-9-29(10-4-1)17-19-31-25-44(46-28-36-22-34-24-42(36)40-16-8-14-38(34)40)32(20-18-30-11-5-2-6-12-30)26-43(31)45-27-35-21-33-23-41(35)39-15-7-13-37(33)39/h1-6,9-12,17-20,25-26,33-42H,7-8,13-16,21-24,27-28H2/b19-17+,20-18+. The Hall–Kier alpha value is -3.26. The summed E-state index contributed by atoms with van der Waals surface area (Å²) in [6.07, 6.45) is 23.4. The van der Waals surface area contributed by atoms with E-state index in [2.05, 4.69) is 97.1 Å². The first-order valence-electron chi connectivity index (χ1n) is 18.7. The average molecular weight is 611 g/mol. The van der Waals surface area contributed by atoms with Crippen LogP contribution in [0.1, 0.15) is 86.5 Å². The summed E-state index contributed by atoms with van der Waals surface area (Å²) in [5, 5.41) is 0. The van der Waals surface area contributed by atoms with Gasteiger partial charge in [0.1, 0.15) is 11.5 Å². The second kappa shape index (κ2) is 12.4. The molecule has 2 heteroatoms. The van der Waals surface area contributed by atoms with Gasteiger partial charge in [0, 0.05) is 11.1 Å². The second-order valence-corrected chi connectivity index (χ2v) is 15.9. The van der Waals surface area contributed by atoms with Crippen molar-refractivity contribution in [3.8, 4) is 11.5 Å². The molecular weight excluding hydrogens is 560 g/mol. The van der Waals surface area contributed by atoms with E-state index >= 15 is 0 Å². The molecule has 0 N–H and O–H groups in total. The van der Waals surface area contributed by atoms with E-state index in [1.807, 2.05) is 0 Å². The van der Waals surface area contributed by atoms with E-state index in [1.165, 1.54) is 75.3 Å². The van der Waals surface area contributed by atoms with Gasteiger partial charge in [0.2, 0.25) is 0 Å². The van der Waals surface area contributed by atoms with Crippen molar-refractivity contribution >= 4 is 24.3 Å². The van der Waals surface area contributed by atoms with Gasteiger partial charge in [-0.15, -0.1) is 0 Å². The molecule has 46 heavy (non-hydrogen) atoms. The van der Waals surface area contributed by atoms with Crippen molar-refractivity contribution in [3.05, 3.63) is 95.1 Å². The number of benzene rings is 3. The molecule has 6 saturated carbocycles. The van der Waals surface area contributed by atoms with Crippen molar-refractivity contribution in [3.63, 3.8) is 0 Å². The molecule has 10 unspecified atom stereocenters. The summed E-state index contributed by atoms with van der Waals surface area (Å²) in [5.41, 5.74) is 4.66. The Morgan fingerprint density at radius 2 is 0.913 bits per heavy atom. The predicted molar refractivity (Wildman–Crippen MR) is 189 cm³/mol. The Bertz CT molecular complexity index is 1450. The lowest BCUT2D eigenvalue weighted by Gasteiger charge is -2.32. The largest absolute Gasteiger partial charge is 0.493 e. The maximum absolute atomic E-state index is 6.88. The molecule has 6 aliphatic rings. The molecule has 0 spiro atoms. The molecular formula is C44H50O2. The van der Waals surface area contributed by atoms with Crippen LogP contribution in [0.5, 0.6) is 11.5 Å². The summed E-state index contributed by atoms with van der Waals surface area (Å²) in [7, 11) is 0. The molecule has 0 aromatic heterocycles. The fraction of sp³-hybridized carbons (Fsp3) is 0.500. The van der Waals surface area contributed by atoms with Crippen molar-refractivity contribution < 1.29 is 9.47 Å². The van der Waals surface area contributed by atoms with Crippen LogP contribution in [0.15, 0.2) is 72.8 Å². The monoisotopic (exact) mass is 610 g/mol. The number of hydrogen-bond donors (Lipinski definition) is 0. The van der Waals surface area contributed by atoms with Crippen molar-refractivity contribution in [2.24, 2.45) is 59.2 Å². The van der Waals surface area contributed by atoms with E-state index in [4.69, 9.17) is 9.47 Å². The number of fused-ring (bicyclic) bond motifs is 10. The molecule has 0 aliphatic heterocycles. The summed E-state index contributed by atoms with van der Waals surface area (Å²) in [6, 6.07) is 25.8. The molecule has 0 saturated heterocycles. The van der Waals surface area contributed by atoms with Gasteiger partial charge in [-0.3, -0.25) is 0 Å². The highest BCUT2D eigenvalue weighted by Gasteiger charge is 2.54. The van der Waals surface area contributed by atoms with E-state index in [-0.39, 0.29) is 0 Å². The lowest BCUT2D eigenvalue weighted by Crippen LogP contribution is -2.28. The molecule has 0 amide bonds. The first-order chi connectivity index (χ1) is 22.8. The predicted octanol–water partition coefficient (Wildman–Crippen LogP) is 10.9. The Morgan fingerprint density at radius 1 is 0.478 bits per heavy atom. The fourth-order valence-corrected chi connectivity index (χ4v) is 11.8. The van der Waals surface area contributed by atoms with Crippen molar-refractivity contribution in [2.45, 2.75) is 64.2 Å². The first-order valence-corrected chi connectivity index (χ1v) is 18.7. The summed E-state index contributed by atoms with van der Waals surface area (Å²) in [5.74, 6) is 11.0. The average Bonchev–Trinajstić information content (AvgIpc) is 3.94. The summed E-state index contributed by atoms with van der Waals surface area (Å²) < 4.78 is 13.8. The highest BCUT2D eigenvalue weighted by atomic mass is 16.5. The summed E-state index contributed by atoms with van der Waals surface area (Å²) in [4.78, 5) is 0. The Kier molecular flexibility index (Phi) is 7.80. The third-order valence-electron chi connectivity index (χ3n) is 13.7. The topological polar surface area (TPSA) is 18.5 Å².